The van der Waals surface area contributed by atoms with Gasteiger partial charge in [0.25, 0.3) is 11.8 Å². The van der Waals surface area contributed by atoms with Crippen LogP contribution in [0.15, 0.2) is 48.5 Å². The fourth-order valence-electron chi connectivity index (χ4n) is 2.75. The summed E-state index contributed by atoms with van der Waals surface area (Å²) in [5.74, 6) is 0.524. The molecule has 0 aliphatic heterocycles. The molecular weight excluding hydrogens is 378 g/mol. The largest absolute Gasteiger partial charge is 0.497 e. The summed E-state index contributed by atoms with van der Waals surface area (Å²) < 4.78 is 5.16. The minimum Gasteiger partial charge on any atom is -0.497 e. The molecule has 2 aromatic rings. The van der Waals surface area contributed by atoms with Gasteiger partial charge < -0.3 is 19.9 Å². The van der Waals surface area contributed by atoms with Gasteiger partial charge in [-0.1, -0.05) is 29.8 Å². The van der Waals surface area contributed by atoms with E-state index < -0.39 is 0 Å². The van der Waals surface area contributed by atoms with E-state index in [-0.39, 0.29) is 24.9 Å². The van der Waals surface area contributed by atoms with Gasteiger partial charge in [-0.15, -0.1) is 0 Å². The number of quaternary nitrogens is 1. The molecule has 0 radical (unpaired) electrons. The summed E-state index contributed by atoms with van der Waals surface area (Å²) >= 11 is 5.89. The second-order valence-corrected chi connectivity index (χ2v) is 7.05. The maximum Gasteiger partial charge on any atom is 0.279 e. The molecule has 0 aliphatic rings. The summed E-state index contributed by atoms with van der Waals surface area (Å²) in [5, 5.41) is 3.52. The van der Waals surface area contributed by atoms with E-state index in [1.807, 2.05) is 43.3 Å². The number of rotatable bonds is 9. The SMILES string of the molecule is CC[NH+](CC(=O)Nc1cccc(OC)c1)CC(=O)N(C)Cc1ccc(Cl)cc1. The second-order valence-electron chi connectivity index (χ2n) is 6.61. The monoisotopic (exact) mass is 404 g/mol. The molecule has 28 heavy (non-hydrogen) atoms. The average Bonchev–Trinajstić information content (AvgIpc) is 2.69. The Balaban J connectivity index is 1.86. The van der Waals surface area contributed by atoms with E-state index >= 15 is 0 Å². The second kappa shape index (κ2) is 10.7. The van der Waals surface area contributed by atoms with Crippen molar-refractivity contribution in [3.63, 3.8) is 0 Å². The zero-order valence-corrected chi connectivity index (χ0v) is 17.3. The van der Waals surface area contributed by atoms with Gasteiger partial charge in [-0.25, -0.2) is 0 Å². The molecule has 2 N–H and O–H groups in total. The van der Waals surface area contributed by atoms with Gasteiger partial charge in [0.2, 0.25) is 0 Å². The number of halogens is 1. The average molecular weight is 405 g/mol. The lowest BCUT2D eigenvalue weighted by atomic mass is 10.2. The smallest absolute Gasteiger partial charge is 0.279 e. The van der Waals surface area contributed by atoms with Crippen LogP contribution >= 0.6 is 11.6 Å². The Labute approximate surface area is 171 Å². The molecule has 0 aliphatic carbocycles. The first-order valence-corrected chi connectivity index (χ1v) is 9.55. The molecule has 6 nitrogen and oxygen atoms in total. The van der Waals surface area contributed by atoms with E-state index in [0.29, 0.717) is 29.5 Å². The third kappa shape index (κ3) is 6.87. The number of anilines is 1. The van der Waals surface area contributed by atoms with E-state index in [0.717, 1.165) is 10.5 Å². The zero-order valence-electron chi connectivity index (χ0n) is 16.5. The van der Waals surface area contributed by atoms with Crippen LogP contribution in [0, 0.1) is 0 Å². The van der Waals surface area contributed by atoms with Crippen molar-refractivity contribution in [2.24, 2.45) is 0 Å². The van der Waals surface area contributed by atoms with Gasteiger partial charge in [0.15, 0.2) is 13.1 Å². The van der Waals surface area contributed by atoms with Gasteiger partial charge in [0.1, 0.15) is 5.75 Å². The molecule has 0 saturated heterocycles. The van der Waals surface area contributed by atoms with Crippen LogP contribution in [0.4, 0.5) is 5.69 Å². The summed E-state index contributed by atoms with van der Waals surface area (Å²) in [6.45, 7) is 3.61. The van der Waals surface area contributed by atoms with Crippen molar-refractivity contribution in [3.05, 3.63) is 59.1 Å². The zero-order chi connectivity index (χ0) is 20.5. The highest BCUT2D eigenvalue weighted by molar-refractivity contribution is 6.30. The number of nitrogens with zero attached hydrogens (tertiary/aromatic N) is 1. The lowest BCUT2D eigenvalue weighted by Crippen LogP contribution is -3.13. The Bertz CT molecular complexity index is 796. The van der Waals surface area contributed by atoms with Gasteiger partial charge in [0, 0.05) is 30.4 Å². The molecule has 0 bridgehead atoms. The maximum atomic E-state index is 12.5. The first-order valence-electron chi connectivity index (χ1n) is 9.17. The minimum atomic E-state index is -0.141. The number of likely N-dealkylation sites (N-methyl/N-ethyl adjacent to an activating group) is 2. The Morgan fingerprint density at radius 2 is 1.86 bits per heavy atom. The molecular formula is C21H27ClN3O3+. The summed E-state index contributed by atoms with van der Waals surface area (Å²) in [5.41, 5.74) is 1.68. The molecule has 1 unspecified atom stereocenters. The lowest BCUT2D eigenvalue weighted by molar-refractivity contribution is -0.882. The first-order chi connectivity index (χ1) is 13.4. The number of carbonyl (C=O) groups excluding carboxylic acids is 2. The fraction of sp³-hybridized carbons (Fsp3) is 0.333. The maximum absolute atomic E-state index is 12.5. The molecule has 2 aromatic carbocycles. The van der Waals surface area contributed by atoms with Crippen LogP contribution in [-0.4, -0.2) is 50.5 Å². The summed E-state index contributed by atoms with van der Waals surface area (Å²) in [7, 11) is 3.34. The Morgan fingerprint density at radius 1 is 1.14 bits per heavy atom. The van der Waals surface area contributed by atoms with Crippen molar-refractivity contribution in [3.8, 4) is 5.75 Å². The van der Waals surface area contributed by atoms with Crippen LogP contribution < -0.4 is 15.0 Å². The van der Waals surface area contributed by atoms with E-state index in [9.17, 15) is 9.59 Å². The summed E-state index contributed by atoms with van der Waals surface area (Å²) in [4.78, 5) is 27.4. The number of nitrogens with one attached hydrogen (secondary N) is 2. The molecule has 150 valence electrons. The normalized spacial score (nSPS) is 11.6. The molecule has 0 spiro atoms. The minimum absolute atomic E-state index is 0.0130. The fourth-order valence-corrected chi connectivity index (χ4v) is 2.87. The molecule has 0 fully saturated rings. The molecule has 0 heterocycles. The topological polar surface area (TPSA) is 63.1 Å². The number of methoxy groups -OCH3 is 1. The molecule has 2 amide bonds. The number of ether oxygens (including phenoxy) is 1. The third-order valence-electron chi connectivity index (χ3n) is 4.42. The number of benzene rings is 2. The summed E-state index contributed by atoms with van der Waals surface area (Å²) in [6, 6.07) is 14.6. The highest BCUT2D eigenvalue weighted by atomic mass is 35.5. The number of hydrogen-bond acceptors (Lipinski definition) is 3. The van der Waals surface area contributed by atoms with Crippen molar-refractivity contribution in [1.82, 2.24) is 4.90 Å². The molecule has 1 atom stereocenters. The predicted molar refractivity (Wildman–Crippen MR) is 111 cm³/mol. The number of amides is 2. The van der Waals surface area contributed by atoms with Gasteiger partial charge in [0.05, 0.1) is 13.7 Å². The van der Waals surface area contributed by atoms with Crippen molar-refractivity contribution >= 4 is 29.1 Å². The van der Waals surface area contributed by atoms with Crippen molar-refractivity contribution < 1.29 is 19.2 Å². The predicted octanol–water partition coefficient (Wildman–Crippen LogP) is 1.85. The Kier molecular flexibility index (Phi) is 8.29. The Hall–Kier alpha value is -2.57. The number of hydrogen-bond donors (Lipinski definition) is 2. The quantitative estimate of drug-likeness (QED) is 0.670. The van der Waals surface area contributed by atoms with E-state index in [1.165, 1.54) is 0 Å². The van der Waals surface area contributed by atoms with Crippen LogP contribution in [-0.2, 0) is 16.1 Å². The van der Waals surface area contributed by atoms with Gasteiger partial charge in [-0.2, -0.15) is 0 Å². The Morgan fingerprint density at radius 3 is 2.50 bits per heavy atom. The van der Waals surface area contributed by atoms with Crippen LogP contribution in [0.25, 0.3) is 0 Å². The standard InChI is InChI=1S/C21H26ClN3O3/c1-4-25(14-20(26)23-18-6-5-7-19(12-18)28-3)15-21(27)24(2)13-16-8-10-17(22)11-9-16/h5-12H,4,13-15H2,1-3H3,(H,23,26)/p+1. The van der Waals surface area contributed by atoms with Crippen LogP contribution in [0.1, 0.15) is 12.5 Å². The van der Waals surface area contributed by atoms with E-state index in [4.69, 9.17) is 16.3 Å². The highest BCUT2D eigenvalue weighted by Crippen LogP contribution is 2.16. The van der Waals surface area contributed by atoms with Crippen LogP contribution in [0.3, 0.4) is 0 Å². The molecule has 2 rings (SSSR count). The van der Waals surface area contributed by atoms with Crippen LogP contribution in [0.5, 0.6) is 5.75 Å². The van der Waals surface area contributed by atoms with E-state index in [2.05, 4.69) is 5.32 Å². The van der Waals surface area contributed by atoms with Gasteiger partial charge in [-0.3, -0.25) is 9.59 Å². The summed E-state index contributed by atoms with van der Waals surface area (Å²) in [6.07, 6.45) is 0. The molecule has 0 aromatic heterocycles. The lowest BCUT2D eigenvalue weighted by Gasteiger charge is -2.21. The highest BCUT2D eigenvalue weighted by Gasteiger charge is 2.19. The van der Waals surface area contributed by atoms with Gasteiger partial charge >= 0.3 is 0 Å². The van der Waals surface area contributed by atoms with Crippen molar-refractivity contribution in [1.29, 1.82) is 0 Å². The third-order valence-corrected chi connectivity index (χ3v) is 4.68. The van der Waals surface area contributed by atoms with Gasteiger partial charge in [-0.05, 0) is 36.8 Å². The molecule has 0 saturated carbocycles. The molecule has 7 heteroatoms. The van der Waals surface area contributed by atoms with Crippen molar-refractivity contribution in [2.45, 2.75) is 13.5 Å². The van der Waals surface area contributed by atoms with Crippen molar-refractivity contribution in [2.75, 3.05) is 39.1 Å². The van der Waals surface area contributed by atoms with Crippen LogP contribution in [0.2, 0.25) is 5.02 Å². The van der Waals surface area contributed by atoms with E-state index in [1.54, 1.807) is 31.2 Å². The number of carbonyl (C=O) groups is 2. The first kappa shape index (κ1) is 21.7.